The molecule has 0 atom stereocenters. The highest BCUT2D eigenvalue weighted by Crippen LogP contribution is 2.33. The first-order chi connectivity index (χ1) is 9.24. The van der Waals surface area contributed by atoms with E-state index in [0.717, 1.165) is 26.1 Å². The Labute approximate surface area is 118 Å². The second-order valence-corrected chi connectivity index (χ2v) is 5.82. The Kier molecular flexibility index (Phi) is 5.04. The third-order valence-corrected chi connectivity index (χ3v) is 4.70. The number of aromatic nitrogens is 1. The van der Waals surface area contributed by atoms with Crippen molar-refractivity contribution in [3.63, 3.8) is 0 Å². The molecule has 5 nitrogen and oxygen atoms in total. The predicted octanol–water partition coefficient (Wildman–Crippen LogP) is 1.72. The number of nitrogens with one attached hydrogen (secondary N) is 1. The largest absolute Gasteiger partial charge is 0.381 e. The minimum atomic E-state index is 0.161. The molecule has 2 heterocycles. The van der Waals surface area contributed by atoms with Crippen molar-refractivity contribution in [2.45, 2.75) is 17.6 Å². The van der Waals surface area contributed by atoms with Crippen LogP contribution in [0.15, 0.2) is 29.4 Å². The Hall–Kier alpha value is -1.27. The minimum Gasteiger partial charge on any atom is -0.381 e. The quantitative estimate of drug-likeness (QED) is 0.649. The van der Waals surface area contributed by atoms with E-state index in [1.807, 2.05) is 30.0 Å². The third-order valence-electron chi connectivity index (χ3n) is 3.30. The van der Waals surface area contributed by atoms with Crippen LogP contribution >= 0.6 is 11.8 Å². The van der Waals surface area contributed by atoms with Gasteiger partial charge in [0.2, 0.25) is 0 Å². The summed E-state index contributed by atoms with van der Waals surface area (Å²) in [5.74, 6) is 1.13. The van der Waals surface area contributed by atoms with Gasteiger partial charge in [-0.2, -0.15) is 11.8 Å². The van der Waals surface area contributed by atoms with Gasteiger partial charge in [0.15, 0.2) is 5.96 Å². The molecule has 0 radical (unpaired) electrons. The second-order valence-electron chi connectivity index (χ2n) is 4.54. The molecule has 0 aromatic carbocycles. The lowest BCUT2D eigenvalue weighted by molar-refractivity contribution is 0.0794. The molecular formula is C13H20N4OS. The molecule has 0 bridgehead atoms. The Morgan fingerprint density at radius 3 is 2.95 bits per heavy atom. The van der Waals surface area contributed by atoms with E-state index in [2.05, 4.69) is 21.5 Å². The Bertz CT molecular complexity index is 418. The first kappa shape index (κ1) is 14.1. The molecule has 0 unspecified atom stereocenters. The summed E-state index contributed by atoms with van der Waals surface area (Å²) in [4.78, 5) is 8.61. The molecular weight excluding hydrogens is 260 g/mol. The summed E-state index contributed by atoms with van der Waals surface area (Å²) < 4.78 is 5.57. The van der Waals surface area contributed by atoms with E-state index >= 15 is 0 Å². The number of thioether (sulfide) groups is 1. The van der Waals surface area contributed by atoms with Crippen LogP contribution in [0.1, 0.15) is 12.8 Å². The highest BCUT2D eigenvalue weighted by atomic mass is 32.2. The lowest BCUT2D eigenvalue weighted by Gasteiger charge is -2.34. The van der Waals surface area contributed by atoms with Gasteiger partial charge < -0.3 is 15.8 Å². The summed E-state index contributed by atoms with van der Waals surface area (Å²) in [7, 11) is 0. The van der Waals surface area contributed by atoms with Crippen molar-refractivity contribution in [2.75, 3.05) is 31.3 Å². The van der Waals surface area contributed by atoms with Gasteiger partial charge in [0.1, 0.15) is 5.82 Å². The van der Waals surface area contributed by atoms with E-state index in [1.165, 1.54) is 0 Å². The summed E-state index contributed by atoms with van der Waals surface area (Å²) in [5, 5.41) is 3.00. The molecule has 19 heavy (non-hydrogen) atoms. The first-order valence-electron chi connectivity index (χ1n) is 6.35. The van der Waals surface area contributed by atoms with Gasteiger partial charge in [-0.25, -0.2) is 4.98 Å². The van der Waals surface area contributed by atoms with E-state index in [0.29, 0.717) is 18.3 Å². The van der Waals surface area contributed by atoms with Crippen molar-refractivity contribution in [1.82, 2.24) is 4.98 Å². The molecule has 1 aliphatic heterocycles. The van der Waals surface area contributed by atoms with Crippen molar-refractivity contribution in [3.8, 4) is 0 Å². The zero-order valence-corrected chi connectivity index (χ0v) is 11.9. The molecule has 3 N–H and O–H groups in total. The van der Waals surface area contributed by atoms with Crippen molar-refractivity contribution < 1.29 is 4.74 Å². The molecule has 0 aliphatic carbocycles. The maximum absolute atomic E-state index is 5.89. The number of nitrogens with two attached hydrogens (primary N) is 1. The Balaban J connectivity index is 1.93. The van der Waals surface area contributed by atoms with Gasteiger partial charge >= 0.3 is 0 Å². The minimum absolute atomic E-state index is 0.161. The number of ether oxygens (including phenoxy) is 1. The van der Waals surface area contributed by atoms with Gasteiger partial charge in [0, 0.05) is 24.2 Å². The van der Waals surface area contributed by atoms with Crippen LogP contribution in [0.25, 0.3) is 0 Å². The molecule has 1 fully saturated rings. The van der Waals surface area contributed by atoms with E-state index in [-0.39, 0.29) is 4.75 Å². The zero-order chi connectivity index (χ0) is 13.6. The van der Waals surface area contributed by atoms with Crippen LogP contribution in [0.4, 0.5) is 5.82 Å². The van der Waals surface area contributed by atoms with E-state index in [4.69, 9.17) is 10.5 Å². The molecule has 2 rings (SSSR count). The number of guanidine groups is 1. The molecule has 0 saturated carbocycles. The third kappa shape index (κ3) is 4.11. The fourth-order valence-corrected chi connectivity index (χ4v) is 2.78. The summed E-state index contributed by atoms with van der Waals surface area (Å²) in [6, 6.07) is 5.63. The summed E-state index contributed by atoms with van der Waals surface area (Å²) in [6.07, 6.45) is 5.89. The summed E-state index contributed by atoms with van der Waals surface area (Å²) in [5.41, 5.74) is 5.89. The van der Waals surface area contributed by atoms with Crippen LogP contribution in [-0.2, 0) is 4.74 Å². The summed E-state index contributed by atoms with van der Waals surface area (Å²) in [6.45, 7) is 2.33. The van der Waals surface area contributed by atoms with Crippen molar-refractivity contribution in [2.24, 2.45) is 10.7 Å². The average molecular weight is 280 g/mol. The monoisotopic (exact) mass is 280 g/mol. The molecule has 0 amide bonds. The fraction of sp³-hybridized carbons (Fsp3) is 0.538. The number of hydrogen-bond acceptors (Lipinski definition) is 4. The number of hydrogen-bond donors (Lipinski definition) is 2. The van der Waals surface area contributed by atoms with E-state index < -0.39 is 0 Å². The van der Waals surface area contributed by atoms with Crippen molar-refractivity contribution >= 4 is 23.5 Å². The van der Waals surface area contributed by atoms with Crippen molar-refractivity contribution in [3.05, 3.63) is 24.4 Å². The van der Waals surface area contributed by atoms with Gasteiger partial charge in [-0.15, -0.1) is 0 Å². The first-order valence-corrected chi connectivity index (χ1v) is 7.57. The molecule has 0 spiro atoms. The van der Waals surface area contributed by atoms with Gasteiger partial charge in [0.25, 0.3) is 0 Å². The maximum Gasteiger partial charge on any atom is 0.194 e. The van der Waals surface area contributed by atoms with Crippen LogP contribution in [-0.4, -0.2) is 41.7 Å². The SMILES string of the molecule is CSC1(CN=C(N)Nc2ccccn2)CCOCC1. The molecule has 1 saturated heterocycles. The van der Waals surface area contributed by atoms with E-state index in [9.17, 15) is 0 Å². The lowest BCUT2D eigenvalue weighted by Crippen LogP contribution is -2.37. The lowest BCUT2D eigenvalue weighted by atomic mass is 9.99. The number of rotatable bonds is 4. The molecule has 104 valence electrons. The molecule has 1 aromatic rings. The summed E-state index contributed by atoms with van der Waals surface area (Å²) >= 11 is 1.86. The Morgan fingerprint density at radius 1 is 1.53 bits per heavy atom. The Morgan fingerprint density at radius 2 is 2.32 bits per heavy atom. The molecule has 1 aliphatic rings. The van der Waals surface area contributed by atoms with Gasteiger partial charge in [0.05, 0.1) is 6.54 Å². The second kappa shape index (κ2) is 6.77. The van der Waals surface area contributed by atoms with Crippen LogP contribution in [0.3, 0.4) is 0 Å². The topological polar surface area (TPSA) is 72.5 Å². The maximum atomic E-state index is 5.89. The van der Waals surface area contributed by atoms with Crippen LogP contribution in [0.2, 0.25) is 0 Å². The number of nitrogens with zero attached hydrogens (tertiary/aromatic N) is 2. The fourth-order valence-electron chi connectivity index (χ4n) is 2.01. The van der Waals surface area contributed by atoms with Gasteiger partial charge in [-0.1, -0.05) is 6.07 Å². The van der Waals surface area contributed by atoms with Crippen molar-refractivity contribution in [1.29, 1.82) is 0 Å². The van der Waals surface area contributed by atoms with Gasteiger partial charge in [-0.05, 0) is 31.2 Å². The van der Waals surface area contributed by atoms with Gasteiger partial charge in [-0.3, -0.25) is 4.99 Å². The number of aliphatic imine (C=N–C) groups is 1. The van der Waals surface area contributed by atoms with Crippen LogP contribution < -0.4 is 11.1 Å². The van der Waals surface area contributed by atoms with E-state index in [1.54, 1.807) is 6.20 Å². The smallest absolute Gasteiger partial charge is 0.194 e. The predicted molar refractivity (Wildman–Crippen MR) is 80.6 cm³/mol. The van der Waals surface area contributed by atoms with Crippen LogP contribution in [0.5, 0.6) is 0 Å². The highest BCUT2D eigenvalue weighted by Gasteiger charge is 2.31. The molecule has 6 heteroatoms. The standard InChI is InChI=1S/C13H20N4OS/c1-19-13(5-8-18-9-6-13)10-16-12(14)17-11-4-2-3-7-15-11/h2-4,7H,5-6,8-10H2,1H3,(H3,14,15,16,17). The highest BCUT2D eigenvalue weighted by molar-refractivity contribution is 8.00. The normalized spacial score (nSPS) is 19.1. The number of pyridine rings is 1. The van der Waals surface area contributed by atoms with Crippen LogP contribution in [0, 0.1) is 0 Å². The zero-order valence-electron chi connectivity index (χ0n) is 11.1. The molecule has 1 aromatic heterocycles. The average Bonchev–Trinajstić information content (AvgIpc) is 2.47. The number of anilines is 1.